The summed E-state index contributed by atoms with van der Waals surface area (Å²) in [5, 5.41) is 6.11. The number of esters is 1. The lowest BCUT2D eigenvalue weighted by atomic mass is 10.6. The molecular formula is C8H8O2S4. The highest BCUT2D eigenvalue weighted by Crippen LogP contribution is 2.50. The van der Waals surface area contributed by atoms with Crippen LogP contribution in [-0.4, -0.2) is 22.2 Å². The fourth-order valence-electron chi connectivity index (χ4n) is 1.01. The zero-order valence-electron chi connectivity index (χ0n) is 7.34. The quantitative estimate of drug-likeness (QED) is 0.711. The topological polar surface area (TPSA) is 26.3 Å². The highest BCUT2D eigenvalue weighted by atomic mass is 32.2. The smallest absolute Gasteiger partial charge is 0.344 e. The lowest BCUT2D eigenvalue weighted by Gasteiger charge is -2.14. The van der Waals surface area contributed by atoms with Crippen LogP contribution in [0.3, 0.4) is 0 Å². The van der Waals surface area contributed by atoms with Gasteiger partial charge < -0.3 is 4.74 Å². The van der Waals surface area contributed by atoms with Gasteiger partial charge in [-0.2, -0.15) is 0 Å². The summed E-state index contributed by atoms with van der Waals surface area (Å²) in [7, 11) is 1.42. The van der Waals surface area contributed by atoms with Gasteiger partial charge in [-0.15, -0.1) is 47.0 Å². The van der Waals surface area contributed by atoms with Gasteiger partial charge in [0, 0.05) is 0 Å². The minimum absolute atomic E-state index is 0.217. The van der Waals surface area contributed by atoms with E-state index < -0.39 is 0 Å². The maximum Gasteiger partial charge on any atom is 0.344 e. The summed E-state index contributed by atoms with van der Waals surface area (Å²) in [6.45, 7) is 0. The molecule has 0 saturated carbocycles. The van der Waals surface area contributed by atoms with Gasteiger partial charge in [0.15, 0.2) is 0 Å². The van der Waals surface area contributed by atoms with Crippen LogP contribution in [0.4, 0.5) is 0 Å². The van der Waals surface area contributed by atoms with E-state index in [0.717, 1.165) is 4.91 Å². The Kier molecular flexibility index (Phi) is 3.81. The maximum absolute atomic E-state index is 11.2. The van der Waals surface area contributed by atoms with Gasteiger partial charge in [0.2, 0.25) is 0 Å². The van der Waals surface area contributed by atoms with Crippen LogP contribution in [0.25, 0.3) is 0 Å². The summed E-state index contributed by atoms with van der Waals surface area (Å²) in [5.41, 5.74) is 0. The summed E-state index contributed by atoms with van der Waals surface area (Å²) in [5.74, 6) is -0.217. The van der Waals surface area contributed by atoms with Gasteiger partial charge in [0.25, 0.3) is 0 Å². The van der Waals surface area contributed by atoms with E-state index in [1.807, 2.05) is 28.9 Å². The molecule has 2 rings (SSSR count). The summed E-state index contributed by atoms with van der Waals surface area (Å²) >= 11 is 6.95. The van der Waals surface area contributed by atoms with Crippen molar-refractivity contribution < 1.29 is 9.53 Å². The number of carbonyl (C=O) groups excluding carboxylic acids is 1. The number of hydrogen-bond donors (Lipinski definition) is 0. The lowest BCUT2D eigenvalue weighted by molar-refractivity contribution is -0.135. The third-order valence-electron chi connectivity index (χ3n) is 1.64. The molecule has 6 heteroatoms. The molecule has 0 aromatic carbocycles. The minimum Gasteiger partial charge on any atom is -0.465 e. The summed E-state index contributed by atoms with van der Waals surface area (Å²) in [6.07, 6.45) is 0. The Labute approximate surface area is 99.7 Å². The number of methoxy groups -OCH3 is 1. The summed E-state index contributed by atoms with van der Waals surface area (Å²) in [4.78, 5) is 12.0. The first-order chi connectivity index (χ1) is 6.81. The van der Waals surface area contributed by atoms with E-state index >= 15 is 0 Å². The molecule has 14 heavy (non-hydrogen) atoms. The Hall–Kier alpha value is 0.350. The molecule has 0 N–H and O–H groups in total. The predicted molar refractivity (Wildman–Crippen MR) is 67.2 cm³/mol. The standard InChI is InChI=1S/C8H8O2S4/c1-10-6(9)5-4-13-8(14-5)7-11-2-3-12-7/h2-4,7-8H,1H3. The summed E-state index contributed by atoms with van der Waals surface area (Å²) in [6, 6.07) is 0. The third kappa shape index (κ3) is 2.29. The van der Waals surface area contributed by atoms with E-state index in [-0.39, 0.29) is 5.97 Å². The number of carbonyl (C=O) groups is 1. The molecule has 0 bridgehead atoms. The Morgan fingerprint density at radius 2 is 2.00 bits per heavy atom. The van der Waals surface area contributed by atoms with Crippen LogP contribution in [0.2, 0.25) is 0 Å². The fraction of sp³-hybridized carbons (Fsp3) is 0.375. The molecule has 2 heterocycles. The molecule has 0 spiro atoms. The molecule has 1 atom stereocenters. The molecular weight excluding hydrogens is 256 g/mol. The zero-order chi connectivity index (χ0) is 9.97. The van der Waals surface area contributed by atoms with Crippen molar-refractivity contribution in [1.82, 2.24) is 0 Å². The van der Waals surface area contributed by atoms with E-state index in [0.29, 0.717) is 9.16 Å². The van der Waals surface area contributed by atoms with Gasteiger partial charge in [-0.05, 0) is 16.2 Å². The molecule has 76 valence electrons. The Morgan fingerprint density at radius 1 is 1.29 bits per heavy atom. The molecule has 1 unspecified atom stereocenters. The molecule has 0 fully saturated rings. The van der Waals surface area contributed by atoms with Crippen molar-refractivity contribution in [3.8, 4) is 0 Å². The van der Waals surface area contributed by atoms with E-state index in [9.17, 15) is 4.79 Å². The Balaban J connectivity index is 1.89. The van der Waals surface area contributed by atoms with E-state index in [2.05, 4.69) is 15.6 Å². The number of thioether (sulfide) groups is 4. The van der Waals surface area contributed by atoms with E-state index in [1.165, 1.54) is 7.11 Å². The fourth-order valence-corrected chi connectivity index (χ4v) is 6.33. The number of ether oxygens (including phenoxy) is 1. The second-order valence-corrected chi connectivity index (χ2v) is 7.41. The first-order valence-corrected chi connectivity index (χ1v) is 7.58. The molecule has 0 amide bonds. The van der Waals surface area contributed by atoms with Crippen molar-refractivity contribution >= 4 is 53.0 Å². The molecule has 0 saturated heterocycles. The number of rotatable bonds is 2. The number of hydrogen-bond acceptors (Lipinski definition) is 6. The predicted octanol–water partition coefficient (Wildman–Crippen LogP) is 3.08. The molecule has 0 radical (unpaired) electrons. The molecule has 0 aromatic rings. The highest BCUT2D eigenvalue weighted by Gasteiger charge is 2.31. The molecule has 2 nitrogen and oxygen atoms in total. The van der Waals surface area contributed by atoms with Crippen molar-refractivity contribution in [2.24, 2.45) is 0 Å². The molecule has 2 aliphatic heterocycles. The monoisotopic (exact) mass is 264 g/mol. The lowest BCUT2D eigenvalue weighted by Crippen LogP contribution is -2.08. The average molecular weight is 264 g/mol. The second kappa shape index (κ2) is 4.92. The van der Waals surface area contributed by atoms with Gasteiger partial charge in [-0.3, -0.25) is 0 Å². The van der Waals surface area contributed by atoms with Crippen molar-refractivity contribution in [2.45, 2.75) is 9.16 Å². The van der Waals surface area contributed by atoms with Crippen molar-refractivity contribution in [1.29, 1.82) is 0 Å². The van der Waals surface area contributed by atoms with Gasteiger partial charge >= 0.3 is 5.97 Å². The first-order valence-electron chi connectivity index (χ1n) is 3.88. The largest absolute Gasteiger partial charge is 0.465 e. The Bertz CT molecular complexity index is 292. The van der Waals surface area contributed by atoms with E-state index in [1.54, 1.807) is 23.5 Å². The van der Waals surface area contributed by atoms with Gasteiger partial charge in [0.1, 0.15) is 4.91 Å². The minimum atomic E-state index is -0.217. The maximum atomic E-state index is 11.2. The molecule has 0 aromatic heterocycles. The van der Waals surface area contributed by atoms with Crippen molar-refractivity contribution in [3.63, 3.8) is 0 Å². The van der Waals surface area contributed by atoms with Crippen LogP contribution in [0.5, 0.6) is 0 Å². The van der Waals surface area contributed by atoms with Crippen molar-refractivity contribution in [3.05, 3.63) is 21.1 Å². The summed E-state index contributed by atoms with van der Waals surface area (Å²) < 4.78 is 5.62. The van der Waals surface area contributed by atoms with E-state index in [4.69, 9.17) is 0 Å². The highest BCUT2D eigenvalue weighted by molar-refractivity contribution is 8.29. The van der Waals surface area contributed by atoms with Crippen molar-refractivity contribution in [2.75, 3.05) is 7.11 Å². The average Bonchev–Trinajstić information content (AvgIpc) is 2.86. The van der Waals surface area contributed by atoms with Crippen LogP contribution < -0.4 is 0 Å². The van der Waals surface area contributed by atoms with Gasteiger partial charge in [-0.1, -0.05) is 0 Å². The van der Waals surface area contributed by atoms with Crippen LogP contribution in [-0.2, 0) is 9.53 Å². The van der Waals surface area contributed by atoms with Crippen LogP contribution in [0, 0.1) is 0 Å². The molecule has 0 aliphatic carbocycles. The van der Waals surface area contributed by atoms with Gasteiger partial charge in [-0.25, -0.2) is 4.79 Å². The second-order valence-electron chi connectivity index (χ2n) is 2.51. The molecule has 2 aliphatic rings. The normalized spacial score (nSPS) is 26.6. The third-order valence-corrected chi connectivity index (χ3v) is 7.56. The van der Waals surface area contributed by atoms with Crippen LogP contribution in [0.15, 0.2) is 21.1 Å². The van der Waals surface area contributed by atoms with Crippen LogP contribution >= 0.6 is 47.0 Å². The SMILES string of the molecule is COC(=O)C1=CSC(C2SC=CS2)S1. The first kappa shape index (κ1) is 10.9. The zero-order valence-corrected chi connectivity index (χ0v) is 10.6. The van der Waals surface area contributed by atoms with Crippen LogP contribution in [0.1, 0.15) is 0 Å². The van der Waals surface area contributed by atoms with Gasteiger partial charge in [0.05, 0.1) is 16.3 Å². The Morgan fingerprint density at radius 3 is 2.64 bits per heavy atom.